The molecule has 0 radical (unpaired) electrons. The maximum atomic E-state index is 13.2. The van der Waals surface area contributed by atoms with Gasteiger partial charge in [-0.1, -0.05) is 57.9 Å². The highest BCUT2D eigenvalue weighted by atomic mass is 127. The van der Waals surface area contributed by atoms with Gasteiger partial charge in [0.25, 0.3) is 11.8 Å². The number of ether oxygens (including phenoxy) is 1. The summed E-state index contributed by atoms with van der Waals surface area (Å²) < 4.78 is 7.53. The first-order valence-corrected chi connectivity index (χ1v) is 12.3. The molecule has 1 aliphatic rings. The molecule has 3 aromatic carbocycles. The molecule has 1 aliphatic heterocycles. The van der Waals surface area contributed by atoms with Gasteiger partial charge in [0, 0.05) is 20.0 Å². The average Bonchev–Trinajstić information content (AvgIpc) is 2.80. The van der Waals surface area contributed by atoms with Crippen LogP contribution in [-0.2, 0) is 16.0 Å². The monoisotopic (exact) mass is 650 g/mol. The number of hydrogen-bond donors (Lipinski definition) is 1. The van der Waals surface area contributed by atoms with Crippen LogP contribution >= 0.6 is 50.1 Å². The van der Waals surface area contributed by atoms with Crippen LogP contribution in [0.4, 0.5) is 10.5 Å². The average molecular weight is 652 g/mol. The summed E-state index contributed by atoms with van der Waals surface area (Å²) in [5.74, 6) is -0.908. The molecule has 1 fully saturated rings. The maximum Gasteiger partial charge on any atom is 0.335 e. The van der Waals surface area contributed by atoms with Gasteiger partial charge in [-0.25, -0.2) is 9.69 Å². The fraction of sp³-hybridized carbons (Fsp3) is 0.0800. The Morgan fingerprint density at radius 3 is 2.50 bits per heavy atom. The van der Waals surface area contributed by atoms with Gasteiger partial charge in [0.1, 0.15) is 11.3 Å². The van der Waals surface area contributed by atoms with Gasteiger partial charge in [-0.3, -0.25) is 14.9 Å². The van der Waals surface area contributed by atoms with Gasteiger partial charge in [-0.05, 0) is 70.1 Å². The van der Waals surface area contributed by atoms with Crippen molar-refractivity contribution >= 4 is 79.7 Å². The number of methoxy groups -OCH3 is 1. The number of barbiturate groups is 1. The van der Waals surface area contributed by atoms with Gasteiger partial charge < -0.3 is 4.74 Å². The summed E-state index contributed by atoms with van der Waals surface area (Å²) in [5.41, 5.74) is 2.67. The predicted molar refractivity (Wildman–Crippen MR) is 143 cm³/mol. The second kappa shape index (κ2) is 10.3. The van der Waals surface area contributed by atoms with E-state index in [9.17, 15) is 14.4 Å². The molecule has 1 heterocycles. The molecule has 6 nitrogen and oxygen atoms in total. The Balaban J connectivity index is 1.73. The zero-order valence-corrected chi connectivity index (χ0v) is 22.3. The van der Waals surface area contributed by atoms with Crippen molar-refractivity contribution in [2.75, 3.05) is 12.0 Å². The number of nitrogens with one attached hydrogen (secondary N) is 1. The lowest BCUT2D eigenvalue weighted by atomic mass is 10.0. The third kappa shape index (κ3) is 4.89. The van der Waals surface area contributed by atoms with Gasteiger partial charge in [0.2, 0.25) is 0 Å². The normalized spacial score (nSPS) is 15.0. The topological polar surface area (TPSA) is 75.7 Å². The summed E-state index contributed by atoms with van der Waals surface area (Å²) in [7, 11) is 1.57. The third-order valence-corrected chi connectivity index (χ3v) is 7.28. The first-order chi connectivity index (χ1) is 16.3. The van der Waals surface area contributed by atoms with Crippen LogP contribution in [-0.4, -0.2) is 25.0 Å². The Labute approximate surface area is 223 Å². The smallest absolute Gasteiger partial charge is 0.335 e. The van der Waals surface area contributed by atoms with Crippen LogP contribution in [0.3, 0.4) is 0 Å². The van der Waals surface area contributed by atoms with Crippen molar-refractivity contribution in [1.29, 1.82) is 0 Å². The highest BCUT2D eigenvalue weighted by Crippen LogP contribution is 2.33. The van der Waals surface area contributed by atoms with E-state index in [2.05, 4.69) is 43.8 Å². The molecular weight excluding hydrogens is 635 g/mol. The van der Waals surface area contributed by atoms with Crippen LogP contribution in [0.15, 0.2) is 70.7 Å². The van der Waals surface area contributed by atoms with Gasteiger partial charge in [0.15, 0.2) is 0 Å². The van der Waals surface area contributed by atoms with Crippen molar-refractivity contribution in [2.24, 2.45) is 0 Å². The minimum absolute atomic E-state index is 0.184. The summed E-state index contributed by atoms with van der Waals surface area (Å²) in [6.45, 7) is 0. The molecule has 1 N–H and O–H groups in total. The number of hydrogen-bond acceptors (Lipinski definition) is 4. The number of anilines is 1. The number of para-hydroxylation sites is 1. The summed E-state index contributed by atoms with van der Waals surface area (Å²) >= 11 is 12.0. The van der Waals surface area contributed by atoms with Gasteiger partial charge in [-0.2, -0.15) is 0 Å². The van der Waals surface area contributed by atoms with Crippen molar-refractivity contribution in [1.82, 2.24) is 5.32 Å². The molecule has 0 saturated carbocycles. The predicted octanol–water partition coefficient (Wildman–Crippen LogP) is 5.97. The van der Waals surface area contributed by atoms with E-state index in [0.717, 1.165) is 24.1 Å². The number of amides is 4. The lowest BCUT2D eigenvalue weighted by Crippen LogP contribution is -2.54. The van der Waals surface area contributed by atoms with Crippen LogP contribution in [0.1, 0.15) is 16.7 Å². The number of imide groups is 2. The molecular formula is C25H17BrClIN2O4. The summed E-state index contributed by atoms with van der Waals surface area (Å²) in [6.07, 6.45) is 2.08. The van der Waals surface area contributed by atoms with Crippen LogP contribution in [0.2, 0.25) is 5.02 Å². The Bertz CT molecular complexity index is 1360. The first-order valence-electron chi connectivity index (χ1n) is 10.1. The van der Waals surface area contributed by atoms with E-state index in [1.807, 2.05) is 30.3 Å². The van der Waals surface area contributed by atoms with E-state index >= 15 is 0 Å². The van der Waals surface area contributed by atoms with E-state index in [1.165, 1.54) is 12.1 Å². The zero-order chi connectivity index (χ0) is 24.4. The summed E-state index contributed by atoms with van der Waals surface area (Å²) in [6, 6.07) is 17.1. The number of nitrogens with zero attached hydrogens (tertiary/aromatic N) is 1. The number of carbonyl (C=O) groups excluding carboxylic acids is 3. The molecule has 0 spiro atoms. The van der Waals surface area contributed by atoms with Crippen molar-refractivity contribution in [3.63, 3.8) is 0 Å². The van der Waals surface area contributed by atoms with Crippen molar-refractivity contribution < 1.29 is 19.1 Å². The number of rotatable bonds is 5. The zero-order valence-electron chi connectivity index (χ0n) is 17.8. The maximum absolute atomic E-state index is 13.2. The standard InChI is InChI=1S/C25H17BrClIN2O4/c1-34-22-12-14(11-20(28)16(22)13-15-6-2-3-7-18(15)26)10-17-23(31)29-25(33)30(24(17)32)21-9-5-4-8-19(21)27/h2-12H,13H2,1H3,(H,29,31,33)/b17-10+. The van der Waals surface area contributed by atoms with Crippen LogP contribution in [0, 0.1) is 3.57 Å². The number of carbonyl (C=O) groups is 3. The third-order valence-electron chi connectivity index (χ3n) is 5.23. The van der Waals surface area contributed by atoms with E-state index in [-0.39, 0.29) is 16.3 Å². The minimum atomic E-state index is -0.851. The molecule has 3 aromatic rings. The number of urea groups is 1. The lowest BCUT2D eigenvalue weighted by Gasteiger charge is -2.27. The lowest BCUT2D eigenvalue weighted by molar-refractivity contribution is -0.122. The van der Waals surface area contributed by atoms with E-state index in [4.69, 9.17) is 16.3 Å². The fourth-order valence-corrected chi connectivity index (χ4v) is 5.04. The van der Waals surface area contributed by atoms with Crippen LogP contribution in [0.5, 0.6) is 5.75 Å². The van der Waals surface area contributed by atoms with Gasteiger partial charge in [0.05, 0.1) is 17.8 Å². The Hall–Kier alpha value is -2.69. The summed E-state index contributed by atoms with van der Waals surface area (Å²) in [4.78, 5) is 39.0. The first kappa shape index (κ1) is 24.4. The van der Waals surface area contributed by atoms with Crippen LogP contribution < -0.4 is 15.0 Å². The molecule has 172 valence electrons. The SMILES string of the molecule is COc1cc(/C=C2\C(=O)NC(=O)N(c3ccccc3Cl)C2=O)cc(I)c1Cc1ccccc1Br. The van der Waals surface area contributed by atoms with Gasteiger partial charge in [-0.15, -0.1) is 0 Å². The molecule has 4 amide bonds. The van der Waals surface area contributed by atoms with Crippen LogP contribution in [0.25, 0.3) is 6.08 Å². The molecule has 0 unspecified atom stereocenters. The largest absolute Gasteiger partial charge is 0.496 e. The Morgan fingerprint density at radius 1 is 1.09 bits per heavy atom. The minimum Gasteiger partial charge on any atom is -0.496 e. The molecule has 4 rings (SSSR count). The highest BCUT2D eigenvalue weighted by Gasteiger charge is 2.37. The van der Waals surface area contributed by atoms with Gasteiger partial charge >= 0.3 is 6.03 Å². The molecule has 34 heavy (non-hydrogen) atoms. The second-order valence-corrected chi connectivity index (χ2v) is 9.78. The fourth-order valence-electron chi connectivity index (χ4n) is 3.58. The molecule has 9 heteroatoms. The van der Waals surface area contributed by atoms with Crippen molar-refractivity contribution in [3.05, 3.63) is 96.0 Å². The van der Waals surface area contributed by atoms with Crippen molar-refractivity contribution in [3.8, 4) is 5.75 Å². The molecule has 0 aromatic heterocycles. The Morgan fingerprint density at radius 2 is 1.79 bits per heavy atom. The molecule has 1 saturated heterocycles. The summed E-state index contributed by atoms with van der Waals surface area (Å²) in [5, 5.41) is 2.43. The van der Waals surface area contributed by atoms with E-state index in [0.29, 0.717) is 17.7 Å². The quantitative estimate of drug-likeness (QED) is 0.210. The van der Waals surface area contributed by atoms with Crippen molar-refractivity contribution in [2.45, 2.75) is 6.42 Å². The molecule has 0 atom stereocenters. The van der Waals surface area contributed by atoms with E-state index in [1.54, 1.807) is 31.4 Å². The Kier molecular flexibility index (Phi) is 7.39. The number of benzene rings is 3. The number of halogens is 3. The van der Waals surface area contributed by atoms with E-state index < -0.39 is 17.8 Å². The molecule has 0 bridgehead atoms. The second-order valence-electron chi connectivity index (χ2n) is 7.36. The highest BCUT2D eigenvalue weighted by molar-refractivity contribution is 14.1. The molecule has 0 aliphatic carbocycles.